The van der Waals surface area contributed by atoms with E-state index in [0.717, 1.165) is 18.2 Å². The number of thioether (sulfide) groups is 1. The Balaban J connectivity index is 2.01. The van der Waals surface area contributed by atoms with Crippen LogP contribution >= 0.6 is 11.8 Å². The fourth-order valence-corrected chi connectivity index (χ4v) is 6.90. The molecule has 3 aromatic rings. The van der Waals surface area contributed by atoms with Crippen LogP contribution in [0.2, 0.25) is 0 Å². The minimum atomic E-state index is -5.02. The molecule has 7 N–H and O–H groups in total. The Morgan fingerprint density at radius 1 is 0.771 bits per heavy atom. The molecule has 24 heteroatoms. The Labute approximate surface area is 278 Å². The van der Waals surface area contributed by atoms with Crippen molar-refractivity contribution in [2.75, 3.05) is 17.2 Å². The Morgan fingerprint density at radius 2 is 1.40 bits per heavy atom. The molecular formula is C24H24N6O13S5. The van der Waals surface area contributed by atoms with Crippen molar-refractivity contribution in [1.82, 2.24) is 0 Å². The van der Waals surface area contributed by atoms with Gasteiger partial charge in [0.2, 0.25) is 0 Å². The summed E-state index contributed by atoms with van der Waals surface area (Å²) in [5.41, 5.74) is 9.61. The number of hydrogen-bond acceptors (Lipinski definition) is 17. The van der Waals surface area contributed by atoms with Crippen molar-refractivity contribution >= 4 is 86.4 Å². The molecule has 0 spiro atoms. The minimum Gasteiger partial charge on any atom is -0.396 e. The quantitative estimate of drug-likeness (QED) is 0.0304. The van der Waals surface area contributed by atoms with Crippen molar-refractivity contribution in [1.29, 1.82) is 0 Å². The van der Waals surface area contributed by atoms with E-state index >= 15 is 0 Å². The van der Waals surface area contributed by atoms with Crippen molar-refractivity contribution in [3.63, 3.8) is 0 Å². The van der Waals surface area contributed by atoms with Crippen molar-refractivity contribution in [3.8, 4) is 11.4 Å². The molecule has 3 aromatic carbocycles. The number of anilines is 2. The molecule has 0 heterocycles. The second-order valence-corrected chi connectivity index (χ2v) is 15.9. The van der Waals surface area contributed by atoms with E-state index < -0.39 is 78.7 Å². The molecule has 258 valence electrons. The Kier molecular flexibility index (Phi) is 12.2. The van der Waals surface area contributed by atoms with Gasteiger partial charge in [0.05, 0.1) is 27.7 Å². The topological polar surface area (TPSA) is 317 Å². The molecule has 0 unspecified atom stereocenters. The number of nitrogens with two attached hydrogens (primary N) is 2. The van der Waals surface area contributed by atoms with Crippen LogP contribution < -0.4 is 11.5 Å². The van der Waals surface area contributed by atoms with Gasteiger partial charge in [-0.3, -0.25) is 18.5 Å². The van der Waals surface area contributed by atoms with Crippen LogP contribution in [0, 0.1) is 11.4 Å². The summed E-state index contributed by atoms with van der Waals surface area (Å²) in [7, 11) is -18.5. The molecule has 0 aromatic heterocycles. The number of nitrogens with zero attached hydrogens (tertiary/aromatic N) is 4. The maximum Gasteiger partial charge on any atom is 0.433 e. The molecular weight excluding hydrogens is 741 g/mol. The van der Waals surface area contributed by atoms with Crippen molar-refractivity contribution in [2.45, 2.75) is 39.3 Å². The van der Waals surface area contributed by atoms with Gasteiger partial charge in [0.1, 0.15) is 26.9 Å². The summed E-state index contributed by atoms with van der Waals surface area (Å²) in [6.07, 6.45) is 2.89. The molecule has 0 atom stereocenters. The van der Waals surface area contributed by atoms with Crippen LogP contribution in [0.25, 0.3) is 0 Å². The predicted octanol–water partition coefficient (Wildman–Crippen LogP) is 4.51. The molecule has 0 aliphatic carbocycles. The molecule has 0 saturated heterocycles. The van der Waals surface area contributed by atoms with E-state index in [0.29, 0.717) is 24.6 Å². The zero-order valence-corrected chi connectivity index (χ0v) is 28.2. The first-order valence-corrected chi connectivity index (χ1v) is 19.4. The highest BCUT2D eigenvalue weighted by Gasteiger charge is 2.23. The summed E-state index contributed by atoms with van der Waals surface area (Å²) in [5, 5.41) is 17.4. The highest BCUT2D eigenvalue weighted by Crippen LogP contribution is 2.43. The Morgan fingerprint density at radius 3 is 1.98 bits per heavy atom. The van der Waals surface area contributed by atoms with Gasteiger partial charge in [0, 0.05) is 10.1 Å². The third-order valence-electron chi connectivity index (χ3n) is 5.67. The van der Waals surface area contributed by atoms with Crippen LogP contribution in [0.15, 0.2) is 88.6 Å². The molecule has 19 nitrogen and oxygen atoms in total. The predicted molar refractivity (Wildman–Crippen MR) is 170 cm³/mol. The van der Waals surface area contributed by atoms with Crippen LogP contribution in [-0.2, 0) is 49.7 Å². The van der Waals surface area contributed by atoms with Crippen LogP contribution in [0.1, 0.15) is 19.8 Å². The van der Waals surface area contributed by atoms with Gasteiger partial charge in [-0.05, 0) is 71.0 Å². The van der Waals surface area contributed by atoms with Gasteiger partial charge in [-0.2, -0.15) is 30.4 Å². The number of nitrogen functional groups attached to an aromatic ring is 2. The molecule has 0 aliphatic rings. The van der Waals surface area contributed by atoms with Crippen molar-refractivity contribution in [2.24, 2.45) is 20.5 Å². The molecule has 0 bridgehead atoms. The van der Waals surface area contributed by atoms with Gasteiger partial charge in [-0.15, -0.1) is 15.3 Å². The fourth-order valence-electron chi connectivity index (χ4n) is 3.46. The van der Waals surface area contributed by atoms with Gasteiger partial charge in [0.25, 0.3) is 20.2 Å². The molecule has 0 radical (unpaired) electrons. The number of unbranched alkanes of at least 4 members (excludes halogenated alkanes) is 1. The van der Waals surface area contributed by atoms with E-state index in [1.165, 1.54) is 30.3 Å². The maximum atomic E-state index is 12.4. The monoisotopic (exact) mass is 764 g/mol. The average molecular weight is 765 g/mol. The summed E-state index contributed by atoms with van der Waals surface area (Å²) in [5.74, 6) is -0.0477. The molecule has 3 rings (SSSR count). The SMILES string of the molecule is CCCCS(=O)(=O)c1ccc(N=Nc2c(N)c(N=Nc3ccc(SC#COOS(=O)(=O)O)cc3S(=O)(=O)O)cc(S(=O)(=O)O)c2N)cc1. The van der Waals surface area contributed by atoms with Gasteiger partial charge >= 0.3 is 10.4 Å². The van der Waals surface area contributed by atoms with Crippen molar-refractivity contribution < 1.29 is 56.6 Å². The summed E-state index contributed by atoms with van der Waals surface area (Å²) >= 11 is 0.572. The lowest BCUT2D eigenvalue weighted by molar-refractivity contribution is -0.135. The fraction of sp³-hybridized carbons (Fsp3) is 0.167. The zero-order valence-electron chi connectivity index (χ0n) is 24.1. The van der Waals surface area contributed by atoms with Crippen LogP contribution in [0.4, 0.5) is 34.1 Å². The number of benzene rings is 3. The van der Waals surface area contributed by atoms with E-state index in [9.17, 15) is 42.8 Å². The van der Waals surface area contributed by atoms with E-state index in [1.807, 2.05) is 6.92 Å². The lowest BCUT2D eigenvalue weighted by Crippen LogP contribution is -2.06. The minimum absolute atomic E-state index is 0.0477. The first-order chi connectivity index (χ1) is 22.2. The van der Waals surface area contributed by atoms with Gasteiger partial charge in [0.15, 0.2) is 15.9 Å². The second-order valence-electron chi connectivity index (χ2n) is 9.10. The molecule has 0 fully saturated rings. The first kappa shape index (κ1) is 38.3. The van der Waals surface area contributed by atoms with E-state index in [2.05, 4.69) is 34.9 Å². The maximum absolute atomic E-state index is 12.4. The smallest absolute Gasteiger partial charge is 0.396 e. The van der Waals surface area contributed by atoms with E-state index in [1.54, 1.807) is 6.11 Å². The lowest BCUT2D eigenvalue weighted by atomic mass is 10.2. The molecule has 0 amide bonds. The van der Waals surface area contributed by atoms with Crippen LogP contribution in [-0.4, -0.2) is 53.1 Å². The highest BCUT2D eigenvalue weighted by molar-refractivity contribution is 8.04. The normalized spacial score (nSPS) is 12.7. The largest absolute Gasteiger partial charge is 0.433 e. The highest BCUT2D eigenvalue weighted by atomic mass is 32.3. The molecule has 0 saturated carbocycles. The number of sulfone groups is 1. The first-order valence-electron chi connectivity index (χ1n) is 12.7. The number of azo groups is 2. The van der Waals surface area contributed by atoms with Crippen LogP contribution in [0.3, 0.4) is 0 Å². The summed E-state index contributed by atoms with van der Waals surface area (Å²) in [6.45, 7) is 1.85. The number of rotatable bonds is 13. The van der Waals surface area contributed by atoms with Crippen LogP contribution in [0.5, 0.6) is 0 Å². The van der Waals surface area contributed by atoms with E-state index in [4.69, 9.17) is 16.0 Å². The second kappa shape index (κ2) is 15.4. The van der Waals surface area contributed by atoms with Gasteiger partial charge < -0.3 is 11.5 Å². The Hall–Kier alpha value is -4.19. The summed E-state index contributed by atoms with van der Waals surface area (Å²) < 4.78 is 125. The van der Waals surface area contributed by atoms with Gasteiger partial charge in [-0.25, -0.2) is 8.42 Å². The molecule has 48 heavy (non-hydrogen) atoms. The van der Waals surface area contributed by atoms with E-state index in [-0.39, 0.29) is 21.2 Å². The third-order valence-corrected chi connectivity index (χ3v) is 10.2. The summed E-state index contributed by atoms with van der Waals surface area (Å²) in [6, 6.07) is 9.16. The Bertz CT molecular complexity index is 2270. The lowest BCUT2D eigenvalue weighted by Gasteiger charge is -2.10. The van der Waals surface area contributed by atoms with Gasteiger partial charge in [-0.1, -0.05) is 13.3 Å². The molecule has 0 aliphatic heterocycles. The van der Waals surface area contributed by atoms with Crippen molar-refractivity contribution in [3.05, 3.63) is 48.5 Å². The average Bonchev–Trinajstić information content (AvgIpc) is 2.98. The zero-order chi connectivity index (χ0) is 35.9. The number of hydrogen-bond donors (Lipinski definition) is 5. The third kappa shape index (κ3) is 10.7. The summed E-state index contributed by atoms with van der Waals surface area (Å²) in [4.78, 5) is 2.31. The standard InChI is InChI=1S/C24H24N6O13S5/c1-2-3-12-45(31,32)17-7-4-15(5-8-17)27-30-24-22(25)19(14-21(23(24)26)47(36,37)38)29-28-18-9-6-16(13-20(18)46(33,34)35)44-11-10-42-43-48(39,40)41/h4-9,13-14H,2-3,12,25-26H2,1H3,(H,33,34,35)(H,36,37,38)(H,39,40,41).